The van der Waals surface area contributed by atoms with Crippen LogP contribution >= 0.6 is 0 Å². The fourth-order valence-electron chi connectivity index (χ4n) is 1.02. The zero-order chi connectivity index (χ0) is 8.39. The van der Waals surface area contributed by atoms with Crippen molar-refractivity contribution >= 4 is 0 Å². The predicted molar refractivity (Wildman–Crippen MR) is 44.2 cm³/mol. The minimum atomic E-state index is -0.150. The summed E-state index contributed by atoms with van der Waals surface area (Å²) in [7, 11) is 0. The Hall–Kier alpha value is -1.84. The van der Waals surface area contributed by atoms with Gasteiger partial charge in [-0.25, -0.2) is 4.79 Å². The number of nitrogens with one attached hydrogen (secondary N) is 1. The van der Waals surface area contributed by atoms with Gasteiger partial charge in [0.05, 0.1) is 11.9 Å². The van der Waals surface area contributed by atoms with Crippen molar-refractivity contribution in [3.05, 3.63) is 47.4 Å². The maximum Gasteiger partial charge on any atom is 0.330 e. The first-order valence-electron chi connectivity index (χ1n) is 3.54. The highest BCUT2D eigenvalue weighted by Crippen LogP contribution is 1.99. The van der Waals surface area contributed by atoms with Gasteiger partial charge in [0.2, 0.25) is 0 Å². The molecule has 0 saturated carbocycles. The van der Waals surface area contributed by atoms with Crippen molar-refractivity contribution in [2.75, 3.05) is 0 Å². The van der Waals surface area contributed by atoms with Crippen LogP contribution in [-0.4, -0.2) is 14.5 Å². The lowest BCUT2D eigenvalue weighted by Crippen LogP contribution is -2.13. The van der Waals surface area contributed by atoms with Crippen LogP contribution in [0, 0.1) is 0 Å². The molecule has 2 aromatic heterocycles. The summed E-state index contributed by atoms with van der Waals surface area (Å²) in [6, 6.07) is 3.61. The molecule has 12 heavy (non-hydrogen) atoms. The zero-order valence-corrected chi connectivity index (χ0v) is 6.27. The highest BCUT2D eigenvalue weighted by molar-refractivity contribution is 5.26. The summed E-state index contributed by atoms with van der Waals surface area (Å²) in [5.74, 6) is 0. The maximum atomic E-state index is 11.1. The molecule has 2 rings (SSSR count). The van der Waals surface area contributed by atoms with Crippen molar-refractivity contribution in [1.29, 1.82) is 0 Å². The van der Waals surface area contributed by atoms with Crippen LogP contribution in [0.15, 0.2) is 41.7 Å². The van der Waals surface area contributed by atoms with Gasteiger partial charge in [-0.1, -0.05) is 0 Å². The molecule has 0 atom stereocenters. The summed E-state index contributed by atoms with van der Waals surface area (Å²) in [6.07, 6.45) is 6.56. The third-order valence-electron chi connectivity index (χ3n) is 1.57. The predicted octanol–water partition coefficient (Wildman–Crippen LogP) is 0.561. The van der Waals surface area contributed by atoms with E-state index in [0.29, 0.717) is 0 Å². The fourth-order valence-corrected chi connectivity index (χ4v) is 1.02. The lowest BCUT2D eigenvalue weighted by atomic mass is 10.4. The largest absolute Gasteiger partial charge is 0.330 e. The zero-order valence-electron chi connectivity index (χ0n) is 6.27. The molecule has 0 aromatic carbocycles. The molecule has 0 spiro atoms. The average molecular weight is 161 g/mol. The van der Waals surface area contributed by atoms with Crippen molar-refractivity contribution < 1.29 is 0 Å². The molecule has 0 bridgehead atoms. The van der Waals surface area contributed by atoms with E-state index in [0.717, 1.165) is 5.69 Å². The molecule has 4 heteroatoms. The molecule has 4 nitrogen and oxygen atoms in total. The number of hydrogen-bond donors (Lipinski definition) is 1. The smallest absolute Gasteiger partial charge is 0.312 e. The van der Waals surface area contributed by atoms with E-state index in [4.69, 9.17) is 0 Å². The highest BCUT2D eigenvalue weighted by atomic mass is 16.1. The Balaban J connectivity index is 2.59. The second-order valence-electron chi connectivity index (χ2n) is 2.35. The second kappa shape index (κ2) is 2.65. The van der Waals surface area contributed by atoms with Crippen LogP contribution in [0.25, 0.3) is 5.69 Å². The van der Waals surface area contributed by atoms with Gasteiger partial charge in [0, 0.05) is 18.6 Å². The summed E-state index contributed by atoms with van der Waals surface area (Å²) < 4.78 is 1.49. The molecule has 0 unspecified atom stereocenters. The van der Waals surface area contributed by atoms with Gasteiger partial charge >= 0.3 is 5.69 Å². The summed E-state index contributed by atoms with van der Waals surface area (Å²) in [4.78, 5) is 17.6. The summed E-state index contributed by atoms with van der Waals surface area (Å²) >= 11 is 0. The SMILES string of the molecule is O=c1[nH]ccn1-c1cccnc1. The summed E-state index contributed by atoms with van der Waals surface area (Å²) in [5.41, 5.74) is 0.617. The summed E-state index contributed by atoms with van der Waals surface area (Å²) in [6.45, 7) is 0. The molecule has 2 heterocycles. The molecular formula is C8H7N3O. The molecule has 0 aliphatic heterocycles. The maximum absolute atomic E-state index is 11.1. The molecular weight excluding hydrogens is 154 g/mol. The number of pyridine rings is 1. The molecule has 0 aliphatic rings. The minimum absolute atomic E-state index is 0.150. The minimum Gasteiger partial charge on any atom is -0.312 e. The number of rotatable bonds is 1. The van der Waals surface area contributed by atoms with Gasteiger partial charge in [0.1, 0.15) is 0 Å². The van der Waals surface area contributed by atoms with Gasteiger partial charge in [-0.15, -0.1) is 0 Å². The van der Waals surface area contributed by atoms with Crippen molar-refractivity contribution in [1.82, 2.24) is 14.5 Å². The molecule has 0 aliphatic carbocycles. The number of hydrogen-bond acceptors (Lipinski definition) is 2. The Morgan fingerprint density at radius 1 is 1.50 bits per heavy atom. The first-order chi connectivity index (χ1) is 5.88. The monoisotopic (exact) mass is 161 g/mol. The van der Waals surface area contributed by atoms with E-state index in [2.05, 4.69) is 9.97 Å². The van der Waals surface area contributed by atoms with Gasteiger partial charge in [0.25, 0.3) is 0 Å². The van der Waals surface area contributed by atoms with Crippen LogP contribution in [0.2, 0.25) is 0 Å². The molecule has 2 aromatic rings. The highest BCUT2D eigenvalue weighted by Gasteiger charge is 1.96. The standard InChI is InChI=1S/C8H7N3O/c12-8-10-4-5-11(8)7-2-1-3-9-6-7/h1-6H,(H,10,12). The number of aromatic nitrogens is 3. The lowest BCUT2D eigenvalue weighted by molar-refractivity contribution is 0.976. The third-order valence-corrected chi connectivity index (χ3v) is 1.57. The first kappa shape index (κ1) is 6.84. The molecule has 1 N–H and O–H groups in total. The van der Waals surface area contributed by atoms with E-state index in [1.807, 2.05) is 6.07 Å². The van der Waals surface area contributed by atoms with Crippen LogP contribution in [-0.2, 0) is 0 Å². The van der Waals surface area contributed by atoms with Gasteiger partial charge in [-0.2, -0.15) is 0 Å². The molecule has 60 valence electrons. The number of imidazole rings is 1. The lowest BCUT2D eigenvalue weighted by Gasteiger charge is -1.96. The topological polar surface area (TPSA) is 50.7 Å². The average Bonchev–Trinajstić information content (AvgIpc) is 2.53. The Kier molecular flexibility index (Phi) is 1.51. The first-order valence-corrected chi connectivity index (χ1v) is 3.54. The molecule has 0 saturated heterocycles. The van der Waals surface area contributed by atoms with Gasteiger partial charge in [-0.3, -0.25) is 9.55 Å². The van der Waals surface area contributed by atoms with E-state index in [1.54, 1.807) is 30.9 Å². The third kappa shape index (κ3) is 1.03. The van der Waals surface area contributed by atoms with Crippen molar-refractivity contribution in [2.24, 2.45) is 0 Å². The van der Waals surface area contributed by atoms with Crippen LogP contribution in [0.1, 0.15) is 0 Å². The summed E-state index contributed by atoms with van der Waals surface area (Å²) in [5, 5.41) is 0. The Morgan fingerprint density at radius 3 is 3.00 bits per heavy atom. The van der Waals surface area contributed by atoms with Crippen LogP contribution in [0.4, 0.5) is 0 Å². The van der Waals surface area contributed by atoms with Crippen LogP contribution in [0.3, 0.4) is 0 Å². The van der Waals surface area contributed by atoms with Crippen LogP contribution in [0.5, 0.6) is 0 Å². The van der Waals surface area contributed by atoms with Gasteiger partial charge in [0.15, 0.2) is 0 Å². The number of H-pyrrole nitrogens is 1. The van der Waals surface area contributed by atoms with E-state index < -0.39 is 0 Å². The fraction of sp³-hybridized carbons (Fsp3) is 0. The quantitative estimate of drug-likeness (QED) is 0.664. The number of aromatic amines is 1. The Bertz CT molecular complexity index is 415. The van der Waals surface area contributed by atoms with Gasteiger partial charge in [-0.05, 0) is 12.1 Å². The second-order valence-corrected chi connectivity index (χ2v) is 2.35. The van der Waals surface area contributed by atoms with Crippen molar-refractivity contribution in [2.45, 2.75) is 0 Å². The van der Waals surface area contributed by atoms with E-state index in [1.165, 1.54) is 4.57 Å². The van der Waals surface area contributed by atoms with Gasteiger partial charge < -0.3 is 4.98 Å². The Morgan fingerprint density at radius 2 is 2.42 bits per heavy atom. The number of nitrogens with zero attached hydrogens (tertiary/aromatic N) is 2. The van der Waals surface area contributed by atoms with Crippen molar-refractivity contribution in [3.8, 4) is 5.69 Å². The molecule has 0 amide bonds. The van der Waals surface area contributed by atoms with E-state index >= 15 is 0 Å². The Labute approximate surface area is 68.5 Å². The normalized spacial score (nSPS) is 10.0. The van der Waals surface area contributed by atoms with E-state index in [9.17, 15) is 4.79 Å². The van der Waals surface area contributed by atoms with Crippen LogP contribution < -0.4 is 5.69 Å². The van der Waals surface area contributed by atoms with E-state index in [-0.39, 0.29) is 5.69 Å². The molecule has 0 radical (unpaired) electrons. The van der Waals surface area contributed by atoms with Crippen molar-refractivity contribution in [3.63, 3.8) is 0 Å². The molecule has 0 fully saturated rings.